The normalized spacial score (nSPS) is 7.60. The Kier molecular flexibility index (Phi) is 1.78. The molecule has 2 nitrogen and oxygen atoms in total. The molecule has 0 fully saturated rings. The molecular formula is C8H5NO. The van der Waals surface area contributed by atoms with E-state index in [4.69, 9.17) is 10.00 Å². The van der Waals surface area contributed by atoms with Crippen LogP contribution in [0.15, 0.2) is 12.1 Å². The summed E-state index contributed by atoms with van der Waals surface area (Å²) in [6.07, 6.45) is 0. The molecular weight excluding hydrogens is 126 g/mol. The fourth-order valence-corrected chi connectivity index (χ4v) is 0.556. The van der Waals surface area contributed by atoms with Gasteiger partial charge in [0.1, 0.15) is 11.6 Å². The van der Waals surface area contributed by atoms with Crippen LogP contribution in [0.4, 0.5) is 0 Å². The van der Waals surface area contributed by atoms with Gasteiger partial charge in [-0.2, -0.15) is 5.26 Å². The molecule has 0 aliphatic rings. The lowest BCUT2D eigenvalue weighted by atomic mass is 10.3. The fourth-order valence-electron chi connectivity index (χ4n) is 0.556. The Morgan fingerprint density at radius 2 is 2.30 bits per heavy atom. The van der Waals surface area contributed by atoms with Gasteiger partial charge in [-0.1, -0.05) is 0 Å². The molecule has 0 amide bonds. The smallest absolute Gasteiger partial charge is 0.169 e. The van der Waals surface area contributed by atoms with Crippen molar-refractivity contribution in [3.63, 3.8) is 0 Å². The number of nitriles is 1. The fraction of sp³-hybridized carbons (Fsp3) is 0.125. The van der Waals surface area contributed by atoms with E-state index in [1.165, 1.54) is 0 Å². The quantitative estimate of drug-likeness (QED) is 0.573. The van der Waals surface area contributed by atoms with E-state index >= 15 is 0 Å². The van der Waals surface area contributed by atoms with Gasteiger partial charge in [-0.05, 0) is 24.3 Å². The van der Waals surface area contributed by atoms with Crippen LogP contribution in [0, 0.1) is 23.5 Å². The van der Waals surface area contributed by atoms with E-state index in [0.717, 1.165) is 0 Å². The van der Waals surface area contributed by atoms with Crippen molar-refractivity contribution in [2.24, 2.45) is 0 Å². The molecule has 10 heavy (non-hydrogen) atoms. The largest absolute Gasteiger partial charge is 0.489 e. The molecule has 1 aromatic rings. The number of ether oxygens (including phenoxy) is 1. The monoisotopic (exact) mass is 131 g/mol. The second-order valence-electron chi connectivity index (χ2n) is 1.68. The van der Waals surface area contributed by atoms with E-state index < -0.39 is 0 Å². The molecule has 0 aliphatic heterocycles. The first kappa shape index (κ1) is 6.45. The minimum atomic E-state index is 0.473. The van der Waals surface area contributed by atoms with Crippen LogP contribution < -0.4 is 4.74 Å². The first-order valence-electron chi connectivity index (χ1n) is 2.75. The van der Waals surface area contributed by atoms with Crippen molar-refractivity contribution >= 4 is 0 Å². The van der Waals surface area contributed by atoms with Gasteiger partial charge < -0.3 is 4.74 Å². The summed E-state index contributed by atoms with van der Waals surface area (Å²) in [4.78, 5) is 0. The molecule has 0 N–H and O–H groups in total. The Balaban J connectivity index is 2.93. The second-order valence-corrected chi connectivity index (χ2v) is 1.68. The van der Waals surface area contributed by atoms with E-state index in [9.17, 15) is 0 Å². The molecule has 0 bridgehead atoms. The zero-order valence-electron chi connectivity index (χ0n) is 5.51. The Bertz CT molecular complexity index is 245. The summed E-state index contributed by atoms with van der Waals surface area (Å²) < 4.78 is 4.82. The average Bonchev–Trinajstić information content (AvgIpc) is 2.05. The Morgan fingerprint density at radius 1 is 1.50 bits per heavy atom. The standard InChI is InChI=1S/C8H5NO/c1-10-8-4-2-7(6-9)3-5-8/h2,4H,1H3. The summed E-state index contributed by atoms with van der Waals surface area (Å²) in [5, 5.41) is 8.36. The van der Waals surface area contributed by atoms with Crippen molar-refractivity contribution in [2.45, 2.75) is 0 Å². The van der Waals surface area contributed by atoms with Crippen molar-refractivity contribution in [3.05, 3.63) is 29.8 Å². The SMILES string of the molecule is COc1c#cc(C#N)cc1. The molecule has 48 valence electrons. The van der Waals surface area contributed by atoms with Crippen LogP contribution in [-0.4, -0.2) is 7.11 Å². The van der Waals surface area contributed by atoms with Crippen LogP contribution >= 0.6 is 0 Å². The summed E-state index contributed by atoms with van der Waals surface area (Å²) in [5.41, 5.74) is 0.473. The molecule has 0 aromatic heterocycles. The number of hydrogen-bond donors (Lipinski definition) is 0. The van der Waals surface area contributed by atoms with Gasteiger partial charge in [0.2, 0.25) is 0 Å². The van der Waals surface area contributed by atoms with Gasteiger partial charge in [-0.25, -0.2) is 0 Å². The maximum absolute atomic E-state index is 8.36. The number of rotatable bonds is 1. The van der Waals surface area contributed by atoms with Crippen LogP contribution in [0.2, 0.25) is 0 Å². The molecule has 0 atom stereocenters. The summed E-state index contributed by atoms with van der Waals surface area (Å²) in [7, 11) is 1.55. The third kappa shape index (κ3) is 1.18. The predicted molar refractivity (Wildman–Crippen MR) is 35.4 cm³/mol. The highest BCUT2D eigenvalue weighted by Gasteiger charge is 1.87. The number of methoxy groups -OCH3 is 1. The molecule has 0 saturated heterocycles. The molecule has 2 heteroatoms. The molecule has 0 unspecified atom stereocenters. The van der Waals surface area contributed by atoms with Crippen LogP contribution in [0.5, 0.6) is 5.75 Å². The highest BCUT2D eigenvalue weighted by Crippen LogP contribution is 2.03. The predicted octanol–water partition coefficient (Wildman–Crippen LogP) is 1.17. The molecule has 0 aliphatic carbocycles. The lowest BCUT2D eigenvalue weighted by Gasteiger charge is -1.90. The van der Waals surface area contributed by atoms with E-state index in [1.807, 2.05) is 6.07 Å². The van der Waals surface area contributed by atoms with E-state index in [2.05, 4.69) is 12.1 Å². The van der Waals surface area contributed by atoms with E-state index in [1.54, 1.807) is 19.2 Å². The van der Waals surface area contributed by atoms with Crippen LogP contribution in [0.1, 0.15) is 5.56 Å². The zero-order chi connectivity index (χ0) is 7.40. The number of nitrogens with zero attached hydrogens (tertiary/aromatic N) is 1. The zero-order valence-corrected chi connectivity index (χ0v) is 5.51. The Hall–Kier alpha value is -1.67. The first-order valence-corrected chi connectivity index (χ1v) is 2.75. The Labute approximate surface area is 59.7 Å². The van der Waals surface area contributed by atoms with Gasteiger partial charge >= 0.3 is 0 Å². The van der Waals surface area contributed by atoms with Crippen LogP contribution in [0.3, 0.4) is 0 Å². The summed E-state index contributed by atoms with van der Waals surface area (Å²) in [6.45, 7) is 0. The van der Waals surface area contributed by atoms with Gasteiger partial charge in [-0.3, -0.25) is 0 Å². The van der Waals surface area contributed by atoms with Crippen molar-refractivity contribution in [1.82, 2.24) is 0 Å². The van der Waals surface area contributed by atoms with Gasteiger partial charge in [0.25, 0.3) is 0 Å². The van der Waals surface area contributed by atoms with Gasteiger partial charge in [0, 0.05) is 0 Å². The molecule has 0 radical (unpaired) electrons. The van der Waals surface area contributed by atoms with Crippen molar-refractivity contribution < 1.29 is 4.74 Å². The van der Waals surface area contributed by atoms with Crippen molar-refractivity contribution in [1.29, 1.82) is 5.26 Å². The molecule has 0 heterocycles. The Morgan fingerprint density at radius 3 is 2.70 bits per heavy atom. The maximum Gasteiger partial charge on any atom is 0.169 e. The highest BCUT2D eigenvalue weighted by molar-refractivity contribution is 5.28. The van der Waals surface area contributed by atoms with Gasteiger partial charge in [0.05, 0.1) is 7.11 Å². The van der Waals surface area contributed by atoms with E-state index in [-0.39, 0.29) is 0 Å². The molecule has 1 aromatic carbocycles. The highest BCUT2D eigenvalue weighted by atomic mass is 16.5. The third-order valence-corrected chi connectivity index (χ3v) is 1.06. The minimum absolute atomic E-state index is 0.473. The first-order chi connectivity index (χ1) is 4.86. The lowest BCUT2D eigenvalue weighted by Crippen LogP contribution is -1.79. The van der Waals surface area contributed by atoms with Crippen LogP contribution in [-0.2, 0) is 0 Å². The van der Waals surface area contributed by atoms with Crippen LogP contribution in [0.25, 0.3) is 0 Å². The number of hydrogen-bond acceptors (Lipinski definition) is 2. The lowest BCUT2D eigenvalue weighted by molar-refractivity contribution is 0.415. The summed E-state index contributed by atoms with van der Waals surface area (Å²) in [6, 6.07) is 10.5. The molecule has 1 rings (SSSR count). The topological polar surface area (TPSA) is 33.0 Å². The van der Waals surface area contributed by atoms with Gasteiger partial charge in [-0.15, -0.1) is 0 Å². The molecule has 0 spiro atoms. The maximum atomic E-state index is 8.36. The van der Waals surface area contributed by atoms with Crippen molar-refractivity contribution in [3.8, 4) is 11.8 Å². The molecule has 0 saturated carbocycles. The second kappa shape index (κ2) is 2.75. The minimum Gasteiger partial charge on any atom is -0.489 e. The van der Waals surface area contributed by atoms with Crippen molar-refractivity contribution in [2.75, 3.05) is 7.11 Å². The summed E-state index contributed by atoms with van der Waals surface area (Å²) >= 11 is 0. The van der Waals surface area contributed by atoms with Gasteiger partial charge in [0.15, 0.2) is 5.75 Å². The average molecular weight is 131 g/mol. The summed E-state index contributed by atoms with van der Waals surface area (Å²) in [5.74, 6) is 0.596. The third-order valence-electron chi connectivity index (χ3n) is 1.06. The van der Waals surface area contributed by atoms with E-state index in [0.29, 0.717) is 11.3 Å².